The van der Waals surface area contributed by atoms with Crippen molar-refractivity contribution < 1.29 is 50.3 Å². The molecule has 1 heterocycles. The lowest BCUT2D eigenvalue weighted by molar-refractivity contribution is -0.385. The Hall–Kier alpha value is -3.58. The molecule has 1 aliphatic heterocycles. The molecule has 0 aliphatic carbocycles. The average molecular weight is 482 g/mol. The zero-order chi connectivity index (χ0) is 25.1. The summed E-state index contributed by atoms with van der Waals surface area (Å²) < 4.78 is 92.1. The van der Waals surface area contributed by atoms with Gasteiger partial charge in [0.1, 0.15) is 5.70 Å². The third-order valence-electron chi connectivity index (χ3n) is 4.30. The number of carbonyl (C=O) groups excluding carboxylic acids is 2. The number of nitrogens with one attached hydrogen (secondary N) is 1. The third-order valence-corrected chi connectivity index (χ3v) is 4.30. The molecule has 180 valence electrons. The summed E-state index contributed by atoms with van der Waals surface area (Å²) in [5.74, 6) is -3.46. The van der Waals surface area contributed by atoms with Crippen molar-refractivity contribution in [3.8, 4) is 0 Å². The number of allylic oxidation sites excluding steroid dienone is 1. The Balaban J connectivity index is 3.14. The van der Waals surface area contributed by atoms with Gasteiger partial charge in [-0.25, -0.2) is 9.59 Å². The SMILES string of the molecule is CCOC(=O)C1=C(C(F)(F)F)NC(C(F)(F)F)C(C(=O)OCC)=C1c1ccccc1[N+](=O)[O-]. The fraction of sp³-hybridized carbons (Fsp3) is 0.368. The molecule has 1 N–H and O–H groups in total. The van der Waals surface area contributed by atoms with Crippen molar-refractivity contribution >= 4 is 23.2 Å². The summed E-state index contributed by atoms with van der Waals surface area (Å²) in [5, 5.41) is 12.7. The van der Waals surface area contributed by atoms with Gasteiger partial charge in [-0.3, -0.25) is 10.1 Å². The lowest BCUT2D eigenvalue weighted by atomic mass is 9.83. The highest BCUT2D eigenvalue weighted by atomic mass is 19.4. The minimum Gasteiger partial charge on any atom is -0.463 e. The van der Waals surface area contributed by atoms with E-state index in [2.05, 4.69) is 9.47 Å². The first-order valence-corrected chi connectivity index (χ1v) is 9.22. The van der Waals surface area contributed by atoms with Gasteiger partial charge in [0.2, 0.25) is 0 Å². The number of nitrogens with zero attached hydrogens (tertiary/aromatic N) is 1. The van der Waals surface area contributed by atoms with Gasteiger partial charge in [0.25, 0.3) is 5.69 Å². The summed E-state index contributed by atoms with van der Waals surface area (Å²) in [5.41, 5.74) is -8.15. The Morgan fingerprint density at radius 2 is 1.58 bits per heavy atom. The Labute approximate surface area is 182 Å². The van der Waals surface area contributed by atoms with Gasteiger partial charge in [-0.2, -0.15) is 26.3 Å². The van der Waals surface area contributed by atoms with Crippen LogP contribution in [0.25, 0.3) is 5.57 Å². The number of ether oxygens (including phenoxy) is 2. The highest BCUT2D eigenvalue weighted by Crippen LogP contribution is 2.45. The molecule has 0 spiro atoms. The monoisotopic (exact) mass is 482 g/mol. The summed E-state index contributed by atoms with van der Waals surface area (Å²) in [7, 11) is 0. The van der Waals surface area contributed by atoms with E-state index in [0.717, 1.165) is 29.6 Å². The number of nitro benzene ring substituents is 1. The molecule has 1 aliphatic rings. The maximum Gasteiger partial charge on any atom is 0.431 e. The van der Waals surface area contributed by atoms with Crippen LogP contribution < -0.4 is 5.32 Å². The topological polar surface area (TPSA) is 108 Å². The number of dihydropyridines is 1. The van der Waals surface area contributed by atoms with Gasteiger partial charge >= 0.3 is 24.3 Å². The maximum atomic E-state index is 13.8. The van der Waals surface area contributed by atoms with Crippen LogP contribution in [0.4, 0.5) is 32.0 Å². The molecule has 0 radical (unpaired) electrons. The highest BCUT2D eigenvalue weighted by molar-refractivity contribution is 6.15. The minimum absolute atomic E-state index is 0.471. The molecule has 0 aromatic heterocycles. The second-order valence-corrected chi connectivity index (χ2v) is 6.37. The van der Waals surface area contributed by atoms with E-state index >= 15 is 0 Å². The number of rotatable bonds is 6. The molecule has 8 nitrogen and oxygen atoms in total. The van der Waals surface area contributed by atoms with Crippen molar-refractivity contribution in [2.24, 2.45) is 0 Å². The minimum atomic E-state index is -5.55. The number of para-hydroxylation sites is 1. The second-order valence-electron chi connectivity index (χ2n) is 6.37. The van der Waals surface area contributed by atoms with Gasteiger partial charge < -0.3 is 14.8 Å². The van der Waals surface area contributed by atoms with Gasteiger partial charge in [0, 0.05) is 11.6 Å². The van der Waals surface area contributed by atoms with Crippen molar-refractivity contribution in [3.05, 3.63) is 56.8 Å². The van der Waals surface area contributed by atoms with Gasteiger partial charge in [0.15, 0.2) is 6.04 Å². The van der Waals surface area contributed by atoms with Crippen molar-refractivity contribution in [1.82, 2.24) is 5.32 Å². The van der Waals surface area contributed by atoms with E-state index in [4.69, 9.17) is 0 Å². The van der Waals surface area contributed by atoms with Crippen LogP contribution in [-0.2, 0) is 19.1 Å². The Morgan fingerprint density at radius 3 is 2.06 bits per heavy atom. The molecule has 0 amide bonds. The van der Waals surface area contributed by atoms with Crippen LogP contribution in [0.3, 0.4) is 0 Å². The van der Waals surface area contributed by atoms with E-state index in [-0.39, 0.29) is 0 Å². The number of benzene rings is 1. The molecule has 14 heteroatoms. The summed E-state index contributed by atoms with van der Waals surface area (Å²) >= 11 is 0. The van der Waals surface area contributed by atoms with E-state index < -0.39 is 82.1 Å². The van der Waals surface area contributed by atoms with Gasteiger partial charge in [0.05, 0.1) is 34.8 Å². The number of hydrogen-bond donors (Lipinski definition) is 1. The summed E-state index contributed by atoms with van der Waals surface area (Å²) in [4.78, 5) is 35.5. The van der Waals surface area contributed by atoms with Crippen LogP contribution in [0.5, 0.6) is 0 Å². The number of alkyl halides is 6. The first-order chi connectivity index (χ1) is 15.3. The lowest BCUT2D eigenvalue weighted by Crippen LogP contribution is -2.51. The fourth-order valence-corrected chi connectivity index (χ4v) is 3.12. The zero-order valence-electron chi connectivity index (χ0n) is 17.0. The number of halogens is 6. The Morgan fingerprint density at radius 1 is 1.03 bits per heavy atom. The number of nitro groups is 1. The molecule has 33 heavy (non-hydrogen) atoms. The van der Waals surface area contributed by atoms with Crippen molar-refractivity contribution in [1.29, 1.82) is 0 Å². The van der Waals surface area contributed by atoms with Gasteiger partial charge in [-0.1, -0.05) is 12.1 Å². The highest BCUT2D eigenvalue weighted by Gasteiger charge is 2.55. The van der Waals surface area contributed by atoms with Gasteiger partial charge in [-0.05, 0) is 19.9 Å². The van der Waals surface area contributed by atoms with Crippen LogP contribution in [-0.4, -0.2) is 48.5 Å². The molecule has 0 saturated heterocycles. The van der Waals surface area contributed by atoms with Crippen molar-refractivity contribution in [3.63, 3.8) is 0 Å². The summed E-state index contributed by atoms with van der Waals surface area (Å²) in [6.07, 6.45) is -11.0. The van der Waals surface area contributed by atoms with E-state index in [1.165, 1.54) is 13.8 Å². The standard InChI is InChI=1S/C19H16F6N2O6/c1-3-32-16(28)12-11(9-7-5-6-8-10(9)27(30)31)13(17(29)33-4-2)15(19(23,24)25)26-14(12)18(20,21)22/h5-8,14,26H,3-4H2,1-2H3. The number of carbonyl (C=O) groups is 2. The van der Waals surface area contributed by atoms with E-state index in [1.54, 1.807) is 0 Å². The fourth-order valence-electron chi connectivity index (χ4n) is 3.12. The predicted molar refractivity (Wildman–Crippen MR) is 99.3 cm³/mol. The normalized spacial score (nSPS) is 16.9. The summed E-state index contributed by atoms with van der Waals surface area (Å²) in [6.45, 7) is 1.50. The molecule has 1 atom stereocenters. The maximum absolute atomic E-state index is 13.8. The van der Waals surface area contributed by atoms with E-state index in [1.807, 2.05) is 0 Å². The third kappa shape index (κ3) is 5.26. The second kappa shape index (κ2) is 9.50. The Bertz CT molecular complexity index is 1030. The molecule has 2 rings (SSSR count). The van der Waals surface area contributed by atoms with Crippen molar-refractivity contribution in [2.45, 2.75) is 32.2 Å². The molecule has 1 unspecified atom stereocenters. The molecular formula is C19H16F6N2O6. The van der Waals surface area contributed by atoms with E-state index in [9.17, 15) is 46.0 Å². The first-order valence-electron chi connectivity index (χ1n) is 9.22. The summed E-state index contributed by atoms with van der Waals surface area (Å²) in [6, 6.07) is 0.511. The van der Waals surface area contributed by atoms with Gasteiger partial charge in [-0.15, -0.1) is 0 Å². The Kier molecular flexibility index (Phi) is 7.39. The van der Waals surface area contributed by atoms with Crippen LogP contribution in [0.1, 0.15) is 19.4 Å². The largest absolute Gasteiger partial charge is 0.463 e. The number of hydrogen-bond acceptors (Lipinski definition) is 7. The number of esters is 2. The molecular weight excluding hydrogens is 466 g/mol. The van der Waals surface area contributed by atoms with Crippen LogP contribution >= 0.6 is 0 Å². The molecule has 1 aromatic rings. The average Bonchev–Trinajstić information content (AvgIpc) is 2.71. The smallest absolute Gasteiger partial charge is 0.431 e. The van der Waals surface area contributed by atoms with Crippen LogP contribution in [0.15, 0.2) is 41.1 Å². The molecule has 0 fully saturated rings. The van der Waals surface area contributed by atoms with Crippen LogP contribution in [0, 0.1) is 10.1 Å². The molecule has 0 saturated carbocycles. The molecule has 1 aromatic carbocycles. The van der Waals surface area contributed by atoms with Crippen LogP contribution in [0.2, 0.25) is 0 Å². The van der Waals surface area contributed by atoms with E-state index in [0.29, 0.717) is 0 Å². The van der Waals surface area contributed by atoms with Crippen molar-refractivity contribution in [2.75, 3.05) is 13.2 Å². The quantitative estimate of drug-likeness (QED) is 0.284. The molecule has 0 bridgehead atoms. The lowest BCUT2D eigenvalue weighted by Gasteiger charge is -2.34. The predicted octanol–water partition coefficient (Wildman–Crippen LogP) is 3.83. The zero-order valence-corrected chi connectivity index (χ0v) is 17.0. The first kappa shape index (κ1) is 25.7.